The van der Waals surface area contributed by atoms with E-state index in [0.29, 0.717) is 37.7 Å². The molecule has 0 N–H and O–H groups in total. The minimum atomic E-state index is -0.890. The first-order chi connectivity index (χ1) is 15.0. The number of carbonyl (C=O) groups excluding carboxylic acids is 1. The predicted octanol–water partition coefficient (Wildman–Crippen LogP) is 3.57. The molecule has 1 aliphatic rings. The Hall–Kier alpha value is -2.78. The summed E-state index contributed by atoms with van der Waals surface area (Å²) in [5, 5.41) is 12.5. The van der Waals surface area contributed by atoms with Crippen LogP contribution in [0.5, 0.6) is 0 Å². The molecule has 8 nitrogen and oxygen atoms in total. The van der Waals surface area contributed by atoms with Gasteiger partial charge in [0.2, 0.25) is 17.7 Å². The lowest BCUT2D eigenvalue weighted by Crippen LogP contribution is -2.56. The van der Waals surface area contributed by atoms with Crippen LogP contribution in [0, 0.1) is 12.7 Å². The van der Waals surface area contributed by atoms with Gasteiger partial charge in [0.05, 0.1) is 12.2 Å². The van der Waals surface area contributed by atoms with Gasteiger partial charge in [-0.25, -0.2) is 4.39 Å². The number of anilines is 1. The first kappa shape index (κ1) is 23.9. The summed E-state index contributed by atoms with van der Waals surface area (Å²) in [5.41, 5.74) is -0.645. The lowest BCUT2D eigenvalue weighted by atomic mass is 9.84. The number of amides is 1. The molecule has 1 aromatic carbocycles. The van der Waals surface area contributed by atoms with E-state index in [-0.39, 0.29) is 30.4 Å². The normalized spacial score (nSPS) is 15.8. The largest absolute Gasteiger partial charge is 0.423 e. The van der Waals surface area contributed by atoms with Crippen LogP contribution in [0.3, 0.4) is 0 Å². The maximum atomic E-state index is 14.9. The van der Waals surface area contributed by atoms with Crippen LogP contribution in [-0.2, 0) is 16.9 Å². The standard InChI is InChI=1S/C22H27FN6O2.ClH/c1-3-20(30)29(19-8-5-4-7-18(19)23)22(21-26-25-17(2)31-21)9-13-27(14-10-22)15-16-28-12-6-11-24-28;/h4-8,11-12H,3,9-10,13-16H2,1-2H3;1H. The quantitative estimate of drug-likeness (QED) is 0.534. The van der Waals surface area contributed by atoms with E-state index in [0.717, 1.165) is 13.1 Å². The molecule has 0 unspecified atom stereocenters. The Morgan fingerprint density at radius 1 is 1.19 bits per heavy atom. The van der Waals surface area contributed by atoms with Crippen LogP contribution in [0.1, 0.15) is 38.0 Å². The zero-order chi connectivity index (χ0) is 21.8. The summed E-state index contributed by atoms with van der Waals surface area (Å²) in [7, 11) is 0. The Bertz CT molecular complexity index is 1020. The van der Waals surface area contributed by atoms with Gasteiger partial charge in [-0.05, 0) is 31.0 Å². The molecule has 10 heteroatoms. The molecule has 1 saturated heterocycles. The molecule has 1 amide bonds. The number of carbonyl (C=O) groups is 1. The maximum absolute atomic E-state index is 14.9. The van der Waals surface area contributed by atoms with Crippen LogP contribution in [-0.4, -0.2) is 50.4 Å². The molecule has 0 bridgehead atoms. The van der Waals surface area contributed by atoms with Gasteiger partial charge in [0.25, 0.3) is 0 Å². The molecule has 0 atom stereocenters. The third-order valence-corrected chi connectivity index (χ3v) is 5.89. The minimum Gasteiger partial charge on any atom is -0.423 e. The molecule has 0 saturated carbocycles. The van der Waals surface area contributed by atoms with E-state index in [9.17, 15) is 9.18 Å². The number of likely N-dealkylation sites (tertiary alicyclic amines) is 1. The monoisotopic (exact) mass is 462 g/mol. The average molecular weight is 463 g/mol. The topological polar surface area (TPSA) is 80.3 Å². The zero-order valence-electron chi connectivity index (χ0n) is 18.3. The van der Waals surface area contributed by atoms with Crippen LogP contribution in [0.25, 0.3) is 0 Å². The molecule has 0 aliphatic carbocycles. The van der Waals surface area contributed by atoms with Crippen molar-refractivity contribution in [3.05, 3.63) is 60.3 Å². The number of benzene rings is 1. The van der Waals surface area contributed by atoms with E-state index < -0.39 is 11.4 Å². The molecule has 1 aliphatic heterocycles. The maximum Gasteiger partial charge on any atom is 0.242 e. The van der Waals surface area contributed by atoms with Gasteiger partial charge < -0.3 is 9.32 Å². The molecule has 2 aromatic heterocycles. The van der Waals surface area contributed by atoms with Gasteiger partial charge in [-0.2, -0.15) is 5.10 Å². The van der Waals surface area contributed by atoms with Crippen LogP contribution in [0.2, 0.25) is 0 Å². The Kier molecular flexibility index (Phi) is 7.63. The van der Waals surface area contributed by atoms with E-state index >= 15 is 0 Å². The van der Waals surface area contributed by atoms with Crippen molar-refractivity contribution in [2.24, 2.45) is 0 Å². The summed E-state index contributed by atoms with van der Waals surface area (Å²) in [5.74, 6) is 0.168. The van der Waals surface area contributed by atoms with Crippen LogP contribution >= 0.6 is 12.4 Å². The first-order valence-electron chi connectivity index (χ1n) is 10.6. The van der Waals surface area contributed by atoms with Crippen molar-refractivity contribution in [1.29, 1.82) is 0 Å². The van der Waals surface area contributed by atoms with Crippen molar-refractivity contribution in [2.45, 2.75) is 45.2 Å². The molecule has 1 fully saturated rings. The Morgan fingerprint density at radius 2 is 1.94 bits per heavy atom. The Labute approximate surface area is 192 Å². The van der Waals surface area contributed by atoms with Gasteiger partial charge in [-0.1, -0.05) is 19.1 Å². The van der Waals surface area contributed by atoms with Crippen molar-refractivity contribution < 1.29 is 13.6 Å². The highest BCUT2D eigenvalue weighted by molar-refractivity contribution is 5.94. The van der Waals surface area contributed by atoms with E-state index in [2.05, 4.69) is 20.2 Å². The summed E-state index contributed by atoms with van der Waals surface area (Å²) in [6.07, 6.45) is 5.07. The van der Waals surface area contributed by atoms with Gasteiger partial charge in [0.1, 0.15) is 11.4 Å². The summed E-state index contributed by atoms with van der Waals surface area (Å²) < 4.78 is 22.6. The SMILES string of the molecule is CCC(=O)N(c1ccccc1F)C1(c2nnc(C)o2)CCN(CCn2cccn2)CC1.Cl. The van der Waals surface area contributed by atoms with E-state index in [1.165, 1.54) is 6.07 Å². The fraction of sp³-hybridized carbons (Fsp3) is 0.455. The summed E-state index contributed by atoms with van der Waals surface area (Å²) in [6, 6.07) is 8.27. The van der Waals surface area contributed by atoms with Gasteiger partial charge in [-0.3, -0.25) is 14.4 Å². The van der Waals surface area contributed by atoms with Gasteiger partial charge >= 0.3 is 0 Å². The van der Waals surface area contributed by atoms with E-state index in [4.69, 9.17) is 4.42 Å². The fourth-order valence-corrected chi connectivity index (χ4v) is 4.24. The molecule has 3 aromatic rings. The molecule has 0 radical (unpaired) electrons. The number of para-hydroxylation sites is 1. The van der Waals surface area contributed by atoms with Gasteiger partial charge in [0, 0.05) is 45.4 Å². The number of nitrogens with zero attached hydrogens (tertiary/aromatic N) is 6. The minimum absolute atomic E-state index is 0. The molecule has 3 heterocycles. The van der Waals surface area contributed by atoms with Gasteiger partial charge in [0.15, 0.2) is 0 Å². The van der Waals surface area contributed by atoms with Crippen LogP contribution in [0.15, 0.2) is 47.1 Å². The van der Waals surface area contributed by atoms with Crippen molar-refractivity contribution in [3.63, 3.8) is 0 Å². The lowest BCUT2D eigenvalue weighted by molar-refractivity contribution is -0.120. The van der Waals surface area contributed by atoms with Crippen molar-refractivity contribution in [2.75, 3.05) is 24.5 Å². The molecule has 4 rings (SSSR count). The highest BCUT2D eigenvalue weighted by atomic mass is 35.5. The second-order valence-electron chi connectivity index (χ2n) is 7.80. The third-order valence-electron chi connectivity index (χ3n) is 5.89. The predicted molar refractivity (Wildman–Crippen MR) is 120 cm³/mol. The van der Waals surface area contributed by atoms with E-state index in [1.54, 1.807) is 43.1 Å². The van der Waals surface area contributed by atoms with Crippen LogP contribution in [0.4, 0.5) is 10.1 Å². The number of halogens is 2. The third kappa shape index (κ3) is 4.68. The van der Waals surface area contributed by atoms with E-state index in [1.807, 2.05) is 16.9 Å². The smallest absolute Gasteiger partial charge is 0.242 e. The highest BCUT2D eigenvalue weighted by Gasteiger charge is 2.48. The number of hydrogen-bond donors (Lipinski definition) is 0. The average Bonchev–Trinajstić information content (AvgIpc) is 3.46. The fourth-order valence-electron chi connectivity index (χ4n) is 4.24. The van der Waals surface area contributed by atoms with Gasteiger partial charge in [-0.15, -0.1) is 22.6 Å². The second kappa shape index (κ2) is 10.2. The van der Waals surface area contributed by atoms with Crippen molar-refractivity contribution in [1.82, 2.24) is 24.9 Å². The number of rotatable bonds is 7. The van der Waals surface area contributed by atoms with Crippen LogP contribution < -0.4 is 4.90 Å². The van der Waals surface area contributed by atoms with Crippen molar-refractivity contribution in [3.8, 4) is 0 Å². The van der Waals surface area contributed by atoms with Crippen molar-refractivity contribution >= 4 is 24.0 Å². The summed E-state index contributed by atoms with van der Waals surface area (Å²) in [6.45, 7) is 6.54. The Balaban J connectivity index is 0.00000289. The molecule has 172 valence electrons. The highest BCUT2D eigenvalue weighted by Crippen LogP contribution is 2.42. The summed E-state index contributed by atoms with van der Waals surface area (Å²) in [4.78, 5) is 17.0. The molecule has 32 heavy (non-hydrogen) atoms. The Morgan fingerprint density at radius 3 is 2.53 bits per heavy atom. The number of aromatic nitrogens is 4. The lowest BCUT2D eigenvalue weighted by Gasteiger charge is -2.46. The number of hydrogen-bond acceptors (Lipinski definition) is 6. The second-order valence-corrected chi connectivity index (χ2v) is 7.80. The molecular weight excluding hydrogens is 435 g/mol. The molecule has 0 spiro atoms. The summed E-state index contributed by atoms with van der Waals surface area (Å²) >= 11 is 0. The number of aryl methyl sites for hydroxylation is 1. The number of piperidine rings is 1. The zero-order valence-corrected chi connectivity index (χ0v) is 19.1. The molecular formula is C22H28ClFN6O2. The first-order valence-corrected chi connectivity index (χ1v) is 10.6.